The van der Waals surface area contributed by atoms with Crippen molar-refractivity contribution in [1.29, 1.82) is 5.26 Å². The van der Waals surface area contributed by atoms with Crippen LogP contribution in [-0.4, -0.2) is 18.0 Å². The summed E-state index contributed by atoms with van der Waals surface area (Å²) >= 11 is 1.35. The summed E-state index contributed by atoms with van der Waals surface area (Å²) in [5.74, 6) is 0.489. The highest BCUT2D eigenvalue weighted by molar-refractivity contribution is 7.14. The van der Waals surface area contributed by atoms with Gasteiger partial charge < -0.3 is 4.74 Å². The van der Waals surface area contributed by atoms with E-state index in [0.29, 0.717) is 16.3 Å². The van der Waals surface area contributed by atoms with E-state index in [0.717, 1.165) is 17.0 Å². The normalized spacial score (nSPS) is 10.0. The van der Waals surface area contributed by atoms with Gasteiger partial charge in [-0.25, -0.2) is 4.98 Å². The van der Waals surface area contributed by atoms with Gasteiger partial charge in [-0.15, -0.1) is 11.3 Å². The zero-order valence-corrected chi connectivity index (χ0v) is 13.6. The highest BCUT2D eigenvalue weighted by Crippen LogP contribution is 2.26. The summed E-state index contributed by atoms with van der Waals surface area (Å²) in [6, 6.07) is 16.1. The van der Waals surface area contributed by atoms with Crippen molar-refractivity contribution in [1.82, 2.24) is 4.98 Å². The molecule has 0 aliphatic carbocycles. The third-order valence-corrected chi connectivity index (χ3v) is 4.12. The van der Waals surface area contributed by atoms with E-state index in [1.807, 2.05) is 35.7 Å². The second-order valence-electron chi connectivity index (χ2n) is 4.91. The van der Waals surface area contributed by atoms with Gasteiger partial charge in [0.15, 0.2) is 5.13 Å². The maximum Gasteiger partial charge on any atom is 0.257 e. The molecule has 118 valence electrons. The number of amides is 1. The predicted molar refractivity (Wildman–Crippen MR) is 93.2 cm³/mol. The standard InChI is InChI=1S/C18H13N3O2S/c1-23-15-7-5-13(6-8-15)16-11-24-18(20-16)21-17(22)14-4-2-3-12(9-14)10-19/h2-9,11H,1H3,(H,20,21,22). The summed E-state index contributed by atoms with van der Waals surface area (Å²) in [5.41, 5.74) is 2.60. The SMILES string of the molecule is COc1ccc(-c2csc(NC(=O)c3cccc(C#N)c3)n2)cc1. The van der Waals surface area contributed by atoms with E-state index in [2.05, 4.69) is 10.3 Å². The van der Waals surface area contributed by atoms with Gasteiger partial charge in [-0.3, -0.25) is 10.1 Å². The molecule has 0 spiro atoms. The van der Waals surface area contributed by atoms with Gasteiger partial charge in [-0.2, -0.15) is 5.26 Å². The second-order valence-corrected chi connectivity index (χ2v) is 5.77. The average molecular weight is 335 g/mol. The number of nitriles is 1. The summed E-state index contributed by atoms with van der Waals surface area (Å²) in [6.45, 7) is 0. The topological polar surface area (TPSA) is 75.0 Å². The van der Waals surface area contributed by atoms with Crippen molar-refractivity contribution in [2.24, 2.45) is 0 Å². The zero-order valence-electron chi connectivity index (χ0n) is 12.8. The van der Waals surface area contributed by atoms with Crippen molar-refractivity contribution < 1.29 is 9.53 Å². The number of hydrogen-bond donors (Lipinski definition) is 1. The minimum atomic E-state index is -0.289. The van der Waals surface area contributed by atoms with Gasteiger partial charge >= 0.3 is 0 Å². The first-order valence-electron chi connectivity index (χ1n) is 7.11. The number of carbonyl (C=O) groups is 1. The lowest BCUT2D eigenvalue weighted by Gasteiger charge is -2.02. The molecule has 0 saturated carbocycles. The quantitative estimate of drug-likeness (QED) is 0.783. The Bertz CT molecular complexity index is 911. The van der Waals surface area contributed by atoms with Crippen molar-refractivity contribution in [3.8, 4) is 23.1 Å². The number of methoxy groups -OCH3 is 1. The van der Waals surface area contributed by atoms with Crippen LogP contribution in [0.3, 0.4) is 0 Å². The third kappa shape index (κ3) is 3.42. The monoisotopic (exact) mass is 335 g/mol. The van der Waals surface area contributed by atoms with Crippen molar-refractivity contribution in [2.45, 2.75) is 0 Å². The predicted octanol–water partition coefficient (Wildman–Crippen LogP) is 3.94. The lowest BCUT2D eigenvalue weighted by molar-refractivity contribution is 0.102. The van der Waals surface area contributed by atoms with Gasteiger partial charge in [-0.05, 0) is 42.5 Å². The highest BCUT2D eigenvalue weighted by atomic mass is 32.1. The van der Waals surface area contributed by atoms with Crippen LogP contribution in [0.2, 0.25) is 0 Å². The van der Waals surface area contributed by atoms with Gasteiger partial charge in [0.1, 0.15) is 5.75 Å². The molecule has 0 fully saturated rings. The third-order valence-electron chi connectivity index (χ3n) is 3.36. The molecule has 0 bridgehead atoms. The van der Waals surface area contributed by atoms with Crippen LogP contribution in [0.15, 0.2) is 53.9 Å². The molecule has 5 nitrogen and oxygen atoms in total. The molecular weight excluding hydrogens is 322 g/mol. The first-order chi connectivity index (χ1) is 11.7. The van der Waals surface area contributed by atoms with E-state index in [1.54, 1.807) is 31.4 Å². The maximum absolute atomic E-state index is 12.2. The van der Waals surface area contributed by atoms with Crippen molar-refractivity contribution in [2.75, 3.05) is 12.4 Å². The molecule has 6 heteroatoms. The van der Waals surface area contributed by atoms with Gasteiger partial charge in [-0.1, -0.05) is 6.07 Å². The Balaban J connectivity index is 1.75. The van der Waals surface area contributed by atoms with Crippen molar-refractivity contribution >= 4 is 22.4 Å². The van der Waals surface area contributed by atoms with Crippen LogP contribution in [0, 0.1) is 11.3 Å². The van der Waals surface area contributed by atoms with E-state index >= 15 is 0 Å². The largest absolute Gasteiger partial charge is 0.497 e. The lowest BCUT2D eigenvalue weighted by atomic mass is 10.1. The Morgan fingerprint density at radius 2 is 2.04 bits per heavy atom. The average Bonchev–Trinajstić information content (AvgIpc) is 3.10. The summed E-state index contributed by atoms with van der Waals surface area (Å²) in [6.07, 6.45) is 0. The number of anilines is 1. The van der Waals surface area contributed by atoms with Crippen LogP contribution in [0.5, 0.6) is 5.75 Å². The van der Waals surface area contributed by atoms with Gasteiger partial charge in [0, 0.05) is 16.5 Å². The number of carbonyl (C=O) groups excluding carboxylic acids is 1. The molecule has 0 saturated heterocycles. The van der Waals surface area contributed by atoms with E-state index < -0.39 is 0 Å². The molecular formula is C18H13N3O2S. The van der Waals surface area contributed by atoms with E-state index in [1.165, 1.54) is 11.3 Å². The molecule has 0 unspecified atom stereocenters. The number of rotatable bonds is 4. The fourth-order valence-corrected chi connectivity index (χ4v) is 2.84. The molecule has 0 radical (unpaired) electrons. The van der Waals surface area contributed by atoms with Crippen LogP contribution < -0.4 is 10.1 Å². The first-order valence-corrected chi connectivity index (χ1v) is 7.99. The van der Waals surface area contributed by atoms with E-state index in [9.17, 15) is 4.79 Å². The summed E-state index contributed by atoms with van der Waals surface area (Å²) in [5, 5.41) is 14.0. The summed E-state index contributed by atoms with van der Waals surface area (Å²) in [4.78, 5) is 16.7. The summed E-state index contributed by atoms with van der Waals surface area (Å²) < 4.78 is 5.13. The molecule has 1 aromatic heterocycles. The molecule has 2 aromatic carbocycles. The molecule has 0 aliphatic heterocycles. The Labute approximate surface area is 143 Å². The number of hydrogen-bond acceptors (Lipinski definition) is 5. The van der Waals surface area contributed by atoms with Crippen LogP contribution in [-0.2, 0) is 0 Å². The smallest absolute Gasteiger partial charge is 0.257 e. The number of nitrogens with one attached hydrogen (secondary N) is 1. The van der Waals surface area contributed by atoms with Crippen molar-refractivity contribution in [3.05, 3.63) is 65.0 Å². The Hall–Kier alpha value is -3.17. The number of ether oxygens (including phenoxy) is 1. The fourth-order valence-electron chi connectivity index (χ4n) is 2.12. The highest BCUT2D eigenvalue weighted by Gasteiger charge is 2.10. The molecule has 1 heterocycles. The Morgan fingerprint density at radius 1 is 1.25 bits per heavy atom. The Kier molecular flexibility index (Phi) is 4.54. The zero-order chi connectivity index (χ0) is 16.9. The molecule has 1 N–H and O–H groups in total. The molecule has 24 heavy (non-hydrogen) atoms. The van der Waals surface area contributed by atoms with Gasteiger partial charge in [0.05, 0.1) is 24.4 Å². The molecule has 0 aliphatic rings. The Morgan fingerprint density at radius 3 is 2.75 bits per heavy atom. The second kappa shape index (κ2) is 6.94. The molecule has 3 rings (SSSR count). The van der Waals surface area contributed by atoms with Crippen LogP contribution in [0.25, 0.3) is 11.3 Å². The fraction of sp³-hybridized carbons (Fsp3) is 0.0556. The lowest BCUT2D eigenvalue weighted by Crippen LogP contribution is -2.11. The minimum Gasteiger partial charge on any atom is -0.497 e. The number of thiazole rings is 1. The van der Waals surface area contributed by atoms with E-state index in [-0.39, 0.29) is 5.91 Å². The van der Waals surface area contributed by atoms with Gasteiger partial charge in [0.25, 0.3) is 5.91 Å². The maximum atomic E-state index is 12.2. The number of aromatic nitrogens is 1. The molecule has 1 amide bonds. The van der Waals surface area contributed by atoms with Crippen LogP contribution in [0.4, 0.5) is 5.13 Å². The van der Waals surface area contributed by atoms with Gasteiger partial charge in [0.2, 0.25) is 0 Å². The van der Waals surface area contributed by atoms with Crippen LogP contribution >= 0.6 is 11.3 Å². The van der Waals surface area contributed by atoms with Crippen LogP contribution in [0.1, 0.15) is 15.9 Å². The minimum absolute atomic E-state index is 0.289. The van der Waals surface area contributed by atoms with E-state index in [4.69, 9.17) is 10.00 Å². The molecule has 0 atom stereocenters. The molecule has 3 aromatic rings. The summed E-state index contributed by atoms with van der Waals surface area (Å²) in [7, 11) is 1.62. The first kappa shape index (κ1) is 15.7. The number of nitrogens with zero attached hydrogens (tertiary/aromatic N) is 2. The number of benzene rings is 2. The van der Waals surface area contributed by atoms with Crippen molar-refractivity contribution in [3.63, 3.8) is 0 Å².